The van der Waals surface area contributed by atoms with Crippen LogP contribution in [0.25, 0.3) is 0 Å². The summed E-state index contributed by atoms with van der Waals surface area (Å²) in [6.07, 6.45) is 18.3. The van der Waals surface area contributed by atoms with Crippen LogP contribution in [0.1, 0.15) is 104 Å². The van der Waals surface area contributed by atoms with Gasteiger partial charge in [-0.2, -0.15) is 0 Å². The minimum absolute atomic E-state index is 0.503. The second-order valence-electron chi connectivity index (χ2n) is 11.2. The van der Waals surface area contributed by atoms with Gasteiger partial charge in [-0.05, 0) is 124 Å². The first-order chi connectivity index (χ1) is 12.6. The predicted molar refractivity (Wildman–Crippen MR) is 109 cm³/mol. The smallest absolute Gasteiger partial charge is 0.101 e. The lowest BCUT2D eigenvalue weighted by molar-refractivity contribution is 0.137. The minimum atomic E-state index is -0.503. The summed E-state index contributed by atoms with van der Waals surface area (Å²) < 4.78 is 14.8. The molecule has 4 aliphatic carbocycles. The van der Waals surface area contributed by atoms with Crippen molar-refractivity contribution in [1.29, 1.82) is 0 Å². The van der Waals surface area contributed by atoms with Crippen molar-refractivity contribution in [2.45, 2.75) is 110 Å². The molecular weight excluding hydrogens is 319 g/mol. The molecule has 7 unspecified atom stereocenters. The van der Waals surface area contributed by atoms with E-state index in [0.29, 0.717) is 11.8 Å². The Morgan fingerprint density at radius 2 is 0.731 bits per heavy atom. The SMILES string of the molecule is CC1CCC(C2CCC(C3CCC(C4CCC(C)C4)CC(F)C3)CC2)C1. The zero-order chi connectivity index (χ0) is 18.1. The molecule has 0 aromatic heterocycles. The Morgan fingerprint density at radius 3 is 1.15 bits per heavy atom. The Labute approximate surface area is 162 Å². The predicted octanol–water partition coefficient (Wildman–Crippen LogP) is 7.81. The van der Waals surface area contributed by atoms with Crippen LogP contribution in [0, 0.1) is 47.3 Å². The van der Waals surface area contributed by atoms with Crippen molar-refractivity contribution in [1.82, 2.24) is 0 Å². The fourth-order valence-corrected chi connectivity index (χ4v) is 7.72. The highest BCUT2D eigenvalue weighted by Gasteiger charge is 2.38. The van der Waals surface area contributed by atoms with Crippen LogP contribution in [0.3, 0.4) is 0 Å². The van der Waals surface area contributed by atoms with Gasteiger partial charge in [-0.1, -0.05) is 26.7 Å². The molecule has 150 valence electrons. The van der Waals surface area contributed by atoms with Gasteiger partial charge < -0.3 is 0 Å². The zero-order valence-electron chi connectivity index (χ0n) is 17.5. The second kappa shape index (κ2) is 8.52. The van der Waals surface area contributed by atoms with E-state index >= 15 is 0 Å². The first-order valence-corrected chi connectivity index (χ1v) is 12.2. The lowest BCUT2D eigenvalue weighted by Gasteiger charge is -2.36. The third kappa shape index (κ3) is 4.49. The highest BCUT2D eigenvalue weighted by atomic mass is 19.1. The van der Waals surface area contributed by atoms with Crippen LogP contribution >= 0.6 is 0 Å². The van der Waals surface area contributed by atoms with Gasteiger partial charge in [0.1, 0.15) is 6.17 Å². The van der Waals surface area contributed by atoms with E-state index in [2.05, 4.69) is 13.8 Å². The lowest BCUT2D eigenvalue weighted by Crippen LogP contribution is -2.26. The van der Waals surface area contributed by atoms with Crippen LogP contribution in [0.15, 0.2) is 0 Å². The molecular formula is C25H43F. The van der Waals surface area contributed by atoms with Gasteiger partial charge in [0, 0.05) is 0 Å². The number of hydrogen-bond acceptors (Lipinski definition) is 0. The zero-order valence-corrected chi connectivity index (χ0v) is 17.5. The molecule has 0 aliphatic heterocycles. The third-order valence-corrected chi connectivity index (χ3v) is 9.31. The van der Waals surface area contributed by atoms with Gasteiger partial charge in [0.2, 0.25) is 0 Å². The van der Waals surface area contributed by atoms with Gasteiger partial charge in [0.05, 0.1) is 0 Å². The van der Waals surface area contributed by atoms with Crippen LogP contribution < -0.4 is 0 Å². The van der Waals surface area contributed by atoms with Crippen LogP contribution in [0.5, 0.6) is 0 Å². The Bertz CT molecular complexity index is 437. The topological polar surface area (TPSA) is 0 Å². The maximum absolute atomic E-state index is 14.8. The van der Waals surface area contributed by atoms with Crippen molar-refractivity contribution in [2.24, 2.45) is 47.3 Å². The summed E-state index contributed by atoms with van der Waals surface area (Å²) in [6.45, 7) is 4.84. The van der Waals surface area contributed by atoms with E-state index < -0.39 is 6.17 Å². The number of alkyl halides is 1. The van der Waals surface area contributed by atoms with Gasteiger partial charge in [-0.15, -0.1) is 0 Å². The van der Waals surface area contributed by atoms with Crippen LogP contribution in [0.2, 0.25) is 0 Å². The Morgan fingerprint density at radius 1 is 0.423 bits per heavy atom. The van der Waals surface area contributed by atoms with Crippen molar-refractivity contribution >= 4 is 0 Å². The van der Waals surface area contributed by atoms with E-state index in [0.717, 1.165) is 48.3 Å². The summed E-state index contributed by atoms with van der Waals surface area (Å²) in [5.41, 5.74) is 0. The van der Waals surface area contributed by atoms with Crippen molar-refractivity contribution in [3.05, 3.63) is 0 Å². The molecule has 0 N–H and O–H groups in total. The largest absolute Gasteiger partial charge is 0.247 e. The first kappa shape index (κ1) is 19.3. The molecule has 0 aromatic rings. The van der Waals surface area contributed by atoms with Gasteiger partial charge >= 0.3 is 0 Å². The molecule has 0 bridgehead atoms. The van der Waals surface area contributed by atoms with Crippen LogP contribution in [0.4, 0.5) is 4.39 Å². The molecule has 4 saturated carbocycles. The molecule has 1 heteroatoms. The van der Waals surface area contributed by atoms with E-state index in [1.54, 1.807) is 0 Å². The fourth-order valence-electron chi connectivity index (χ4n) is 7.72. The first-order valence-electron chi connectivity index (χ1n) is 12.2. The Balaban J connectivity index is 1.27. The maximum Gasteiger partial charge on any atom is 0.101 e. The summed E-state index contributed by atoms with van der Waals surface area (Å²) in [7, 11) is 0. The summed E-state index contributed by atoms with van der Waals surface area (Å²) in [6, 6.07) is 0. The van der Waals surface area contributed by atoms with Crippen molar-refractivity contribution in [3.63, 3.8) is 0 Å². The average molecular weight is 363 g/mol. The highest BCUT2D eigenvalue weighted by molar-refractivity contribution is 4.89. The molecule has 4 rings (SSSR count). The molecule has 7 atom stereocenters. The number of hydrogen-bond donors (Lipinski definition) is 0. The van der Waals surface area contributed by atoms with E-state index in [4.69, 9.17) is 0 Å². The minimum Gasteiger partial charge on any atom is -0.247 e. The number of halogens is 1. The normalized spacial score (nSPS) is 50.7. The van der Waals surface area contributed by atoms with Gasteiger partial charge in [0.25, 0.3) is 0 Å². The van der Waals surface area contributed by atoms with Gasteiger partial charge in [-0.3, -0.25) is 0 Å². The highest BCUT2D eigenvalue weighted by Crippen LogP contribution is 2.48. The molecule has 0 spiro atoms. The molecule has 0 amide bonds. The third-order valence-electron chi connectivity index (χ3n) is 9.31. The molecule has 4 aliphatic rings. The monoisotopic (exact) mass is 362 g/mol. The standard InChI is InChI=1S/C25H43F/c1-17-3-5-21(13-17)19-7-9-20(10-8-19)23-11-12-24(16-25(26)15-23)22-6-4-18(2)14-22/h17-25H,3-16H2,1-2H3. The Kier molecular flexibility index (Phi) is 6.31. The quantitative estimate of drug-likeness (QED) is 0.449. The van der Waals surface area contributed by atoms with E-state index in [1.807, 2.05) is 0 Å². The molecule has 4 fully saturated rings. The summed E-state index contributed by atoms with van der Waals surface area (Å²) in [5, 5.41) is 0. The van der Waals surface area contributed by atoms with Gasteiger partial charge in [0.15, 0.2) is 0 Å². The fraction of sp³-hybridized carbons (Fsp3) is 1.00. The molecule has 0 saturated heterocycles. The average Bonchev–Trinajstić information content (AvgIpc) is 3.21. The molecule has 26 heavy (non-hydrogen) atoms. The van der Waals surface area contributed by atoms with Crippen molar-refractivity contribution in [3.8, 4) is 0 Å². The summed E-state index contributed by atoms with van der Waals surface area (Å²) in [5.74, 6) is 7.02. The van der Waals surface area contributed by atoms with Crippen LogP contribution in [-0.2, 0) is 0 Å². The van der Waals surface area contributed by atoms with Crippen molar-refractivity contribution in [2.75, 3.05) is 0 Å². The molecule has 0 heterocycles. The van der Waals surface area contributed by atoms with Gasteiger partial charge in [-0.25, -0.2) is 4.39 Å². The van der Waals surface area contributed by atoms with E-state index in [1.165, 1.54) is 77.0 Å². The molecule has 0 nitrogen and oxygen atoms in total. The van der Waals surface area contributed by atoms with E-state index in [9.17, 15) is 4.39 Å². The Hall–Kier alpha value is -0.0700. The summed E-state index contributed by atoms with van der Waals surface area (Å²) >= 11 is 0. The summed E-state index contributed by atoms with van der Waals surface area (Å²) in [4.78, 5) is 0. The number of rotatable bonds is 3. The van der Waals surface area contributed by atoms with E-state index in [-0.39, 0.29) is 0 Å². The lowest BCUT2D eigenvalue weighted by atomic mass is 9.69. The van der Waals surface area contributed by atoms with Crippen molar-refractivity contribution < 1.29 is 4.39 Å². The maximum atomic E-state index is 14.8. The van der Waals surface area contributed by atoms with Crippen LogP contribution in [-0.4, -0.2) is 6.17 Å². The second-order valence-corrected chi connectivity index (χ2v) is 11.2. The molecule has 0 aromatic carbocycles. The molecule has 0 radical (unpaired) electrons.